The summed E-state index contributed by atoms with van der Waals surface area (Å²) in [5.74, 6) is 0.835. The SMILES string of the molecule is CCOc1ccc2ccccc2c1CNc1ccc(NC(C)=O)cc1. The normalized spacial score (nSPS) is 10.5. The smallest absolute Gasteiger partial charge is 0.221 e. The molecule has 0 saturated carbocycles. The Bertz CT molecular complexity index is 873. The van der Waals surface area contributed by atoms with E-state index in [0.717, 1.165) is 22.7 Å². The molecular formula is C21H22N2O2. The van der Waals surface area contributed by atoms with E-state index in [-0.39, 0.29) is 5.91 Å². The fraction of sp³-hybridized carbons (Fsp3) is 0.190. The summed E-state index contributed by atoms with van der Waals surface area (Å²) in [4.78, 5) is 11.1. The van der Waals surface area contributed by atoms with Gasteiger partial charge in [-0.05, 0) is 48.0 Å². The van der Waals surface area contributed by atoms with Crippen LogP contribution in [-0.2, 0) is 11.3 Å². The van der Waals surface area contributed by atoms with Crippen molar-refractivity contribution in [2.45, 2.75) is 20.4 Å². The Hall–Kier alpha value is -3.01. The summed E-state index contributed by atoms with van der Waals surface area (Å²) < 4.78 is 5.81. The van der Waals surface area contributed by atoms with Gasteiger partial charge in [0.15, 0.2) is 0 Å². The van der Waals surface area contributed by atoms with Crippen LogP contribution in [0.25, 0.3) is 10.8 Å². The molecule has 0 unspecified atom stereocenters. The number of ether oxygens (including phenoxy) is 1. The van der Waals surface area contributed by atoms with Gasteiger partial charge in [0.2, 0.25) is 5.91 Å². The molecule has 0 saturated heterocycles. The Morgan fingerprint density at radius 2 is 1.68 bits per heavy atom. The van der Waals surface area contributed by atoms with Gasteiger partial charge in [0.1, 0.15) is 5.75 Å². The Balaban J connectivity index is 1.82. The van der Waals surface area contributed by atoms with Crippen LogP contribution < -0.4 is 15.4 Å². The Kier molecular flexibility index (Phi) is 5.19. The molecule has 4 heteroatoms. The molecule has 0 heterocycles. The molecule has 0 aliphatic heterocycles. The third-order valence-electron chi connectivity index (χ3n) is 3.97. The summed E-state index contributed by atoms with van der Waals surface area (Å²) in [5, 5.41) is 8.60. The van der Waals surface area contributed by atoms with E-state index in [1.54, 1.807) is 0 Å². The molecule has 0 bridgehead atoms. The number of rotatable bonds is 6. The highest BCUT2D eigenvalue weighted by atomic mass is 16.5. The first-order valence-corrected chi connectivity index (χ1v) is 8.42. The zero-order valence-electron chi connectivity index (χ0n) is 14.5. The zero-order chi connectivity index (χ0) is 17.6. The van der Waals surface area contributed by atoms with Crippen molar-refractivity contribution in [1.82, 2.24) is 0 Å². The van der Waals surface area contributed by atoms with Crippen molar-refractivity contribution in [1.29, 1.82) is 0 Å². The zero-order valence-corrected chi connectivity index (χ0v) is 14.5. The molecule has 0 atom stereocenters. The Labute approximate surface area is 147 Å². The predicted molar refractivity (Wildman–Crippen MR) is 103 cm³/mol. The fourth-order valence-corrected chi connectivity index (χ4v) is 2.85. The number of carbonyl (C=O) groups excluding carboxylic acids is 1. The first-order valence-electron chi connectivity index (χ1n) is 8.42. The van der Waals surface area contributed by atoms with Gasteiger partial charge >= 0.3 is 0 Å². The average Bonchev–Trinajstić information content (AvgIpc) is 2.61. The van der Waals surface area contributed by atoms with Gasteiger partial charge < -0.3 is 15.4 Å². The first-order chi connectivity index (χ1) is 12.2. The van der Waals surface area contributed by atoms with Crippen LogP contribution in [0.15, 0.2) is 60.7 Å². The van der Waals surface area contributed by atoms with Gasteiger partial charge in [0, 0.05) is 30.4 Å². The highest BCUT2D eigenvalue weighted by molar-refractivity contribution is 5.89. The molecule has 4 nitrogen and oxygen atoms in total. The monoisotopic (exact) mass is 334 g/mol. The quantitative estimate of drug-likeness (QED) is 0.680. The van der Waals surface area contributed by atoms with E-state index >= 15 is 0 Å². The number of benzene rings is 3. The van der Waals surface area contributed by atoms with Crippen LogP contribution in [0.5, 0.6) is 5.75 Å². The molecule has 0 fully saturated rings. The van der Waals surface area contributed by atoms with Gasteiger partial charge in [-0.15, -0.1) is 0 Å². The highest BCUT2D eigenvalue weighted by Gasteiger charge is 2.08. The Morgan fingerprint density at radius 1 is 0.960 bits per heavy atom. The minimum absolute atomic E-state index is 0.0715. The lowest BCUT2D eigenvalue weighted by Gasteiger charge is -2.15. The summed E-state index contributed by atoms with van der Waals surface area (Å²) in [6.07, 6.45) is 0. The fourth-order valence-electron chi connectivity index (χ4n) is 2.85. The molecule has 2 N–H and O–H groups in total. The highest BCUT2D eigenvalue weighted by Crippen LogP contribution is 2.29. The van der Waals surface area contributed by atoms with Gasteiger partial charge in [-0.1, -0.05) is 30.3 Å². The van der Waals surface area contributed by atoms with E-state index in [9.17, 15) is 4.79 Å². The van der Waals surface area contributed by atoms with Gasteiger partial charge in [0.25, 0.3) is 0 Å². The number of hydrogen-bond acceptors (Lipinski definition) is 3. The van der Waals surface area contributed by atoms with Crippen molar-refractivity contribution < 1.29 is 9.53 Å². The molecule has 0 aliphatic carbocycles. The Morgan fingerprint density at radius 3 is 2.40 bits per heavy atom. The number of fused-ring (bicyclic) bond motifs is 1. The molecule has 3 aromatic rings. The topological polar surface area (TPSA) is 50.4 Å². The second-order valence-electron chi connectivity index (χ2n) is 5.81. The molecule has 0 spiro atoms. The van der Waals surface area contributed by atoms with Gasteiger partial charge in [-0.2, -0.15) is 0 Å². The van der Waals surface area contributed by atoms with Crippen molar-refractivity contribution in [3.05, 3.63) is 66.2 Å². The molecule has 0 radical (unpaired) electrons. The van der Waals surface area contributed by atoms with Crippen LogP contribution >= 0.6 is 0 Å². The van der Waals surface area contributed by atoms with E-state index in [1.807, 2.05) is 49.4 Å². The van der Waals surface area contributed by atoms with Gasteiger partial charge in [0.05, 0.1) is 6.61 Å². The van der Waals surface area contributed by atoms with Crippen molar-refractivity contribution in [2.24, 2.45) is 0 Å². The minimum Gasteiger partial charge on any atom is -0.494 e. The third-order valence-corrected chi connectivity index (χ3v) is 3.97. The van der Waals surface area contributed by atoms with E-state index < -0.39 is 0 Å². The number of anilines is 2. The molecule has 1 amide bonds. The van der Waals surface area contributed by atoms with Crippen LogP contribution in [0, 0.1) is 0 Å². The van der Waals surface area contributed by atoms with Crippen LogP contribution in [0.3, 0.4) is 0 Å². The molecule has 25 heavy (non-hydrogen) atoms. The number of nitrogens with one attached hydrogen (secondary N) is 2. The van der Waals surface area contributed by atoms with Crippen molar-refractivity contribution in [3.8, 4) is 5.75 Å². The van der Waals surface area contributed by atoms with Crippen LogP contribution in [-0.4, -0.2) is 12.5 Å². The molecular weight excluding hydrogens is 312 g/mol. The summed E-state index contributed by atoms with van der Waals surface area (Å²) in [5.41, 5.74) is 2.92. The molecule has 0 aromatic heterocycles. The maximum atomic E-state index is 11.1. The van der Waals surface area contributed by atoms with E-state index in [1.165, 1.54) is 17.7 Å². The number of carbonyl (C=O) groups is 1. The average molecular weight is 334 g/mol. The maximum absolute atomic E-state index is 11.1. The molecule has 128 valence electrons. The summed E-state index contributed by atoms with van der Waals surface area (Å²) in [6, 6.07) is 20.1. The first kappa shape index (κ1) is 16.8. The van der Waals surface area contributed by atoms with Crippen LogP contribution in [0.1, 0.15) is 19.4 Å². The summed E-state index contributed by atoms with van der Waals surface area (Å²) in [7, 11) is 0. The second kappa shape index (κ2) is 7.71. The van der Waals surface area contributed by atoms with Crippen molar-refractivity contribution in [3.63, 3.8) is 0 Å². The van der Waals surface area contributed by atoms with Crippen molar-refractivity contribution in [2.75, 3.05) is 17.2 Å². The van der Waals surface area contributed by atoms with E-state index in [0.29, 0.717) is 13.2 Å². The molecule has 3 aromatic carbocycles. The largest absolute Gasteiger partial charge is 0.494 e. The predicted octanol–water partition coefficient (Wildman–Crippen LogP) is 4.81. The van der Waals surface area contributed by atoms with Gasteiger partial charge in [-0.25, -0.2) is 0 Å². The van der Waals surface area contributed by atoms with Crippen molar-refractivity contribution >= 4 is 28.1 Å². The standard InChI is InChI=1S/C21H22N2O2/c1-3-25-21-13-8-16-6-4-5-7-19(16)20(21)14-22-17-9-11-18(12-10-17)23-15(2)24/h4-13,22H,3,14H2,1-2H3,(H,23,24). The van der Waals surface area contributed by atoms with E-state index in [4.69, 9.17) is 4.74 Å². The van der Waals surface area contributed by atoms with Crippen LogP contribution in [0.2, 0.25) is 0 Å². The molecule has 0 aliphatic rings. The lowest BCUT2D eigenvalue weighted by atomic mass is 10.0. The second-order valence-corrected chi connectivity index (χ2v) is 5.81. The maximum Gasteiger partial charge on any atom is 0.221 e. The van der Waals surface area contributed by atoms with Crippen LogP contribution in [0.4, 0.5) is 11.4 Å². The lowest BCUT2D eigenvalue weighted by Crippen LogP contribution is -2.06. The number of hydrogen-bond donors (Lipinski definition) is 2. The minimum atomic E-state index is -0.0715. The number of amides is 1. The lowest BCUT2D eigenvalue weighted by molar-refractivity contribution is -0.114. The van der Waals surface area contributed by atoms with Gasteiger partial charge in [-0.3, -0.25) is 4.79 Å². The van der Waals surface area contributed by atoms with E-state index in [2.05, 4.69) is 28.8 Å². The summed E-state index contributed by atoms with van der Waals surface area (Å²) in [6.45, 7) is 4.79. The third kappa shape index (κ3) is 4.10. The summed E-state index contributed by atoms with van der Waals surface area (Å²) >= 11 is 0. The molecule has 3 rings (SSSR count).